The lowest BCUT2D eigenvalue weighted by atomic mass is 10.2. The Morgan fingerprint density at radius 1 is 1.37 bits per heavy atom. The molecule has 102 valence electrons. The fourth-order valence-corrected chi connectivity index (χ4v) is 2.53. The monoisotopic (exact) mass is 328 g/mol. The molecule has 0 N–H and O–H groups in total. The van der Waals surface area contributed by atoms with Crippen molar-refractivity contribution in [1.29, 1.82) is 0 Å². The minimum absolute atomic E-state index is 0.00386. The summed E-state index contributed by atoms with van der Waals surface area (Å²) in [4.78, 5) is 27.1. The number of likely N-dealkylation sites (N-methyl/N-ethyl adjacent to an activating group) is 1. The molecule has 6 heteroatoms. The van der Waals surface area contributed by atoms with E-state index in [4.69, 9.17) is 0 Å². The molecule has 19 heavy (non-hydrogen) atoms. The molecule has 0 atom stereocenters. The molecule has 1 heterocycles. The number of carbonyl (C=O) groups excluding carboxylic acids is 2. The fraction of sp³-hybridized carbons (Fsp3) is 0.385. The molecule has 0 spiro atoms. The summed E-state index contributed by atoms with van der Waals surface area (Å²) < 4.78 is 14.2. The Hall–Kier alpha value is -1.43. The van der Waals surface area contributed by atoms with Gasteiger partial charge in [0.15, 0.2) is 0 Å². The summed E-state index contributed by atoms with van der Waals surface area (Å²) in [7, 11) is 1.70. The summed E-state index contributed by atoms with van der Waals surface area (Å²) in [6.07, 6.45) is 0.694. The van der Waals surface area contributed by atoms with Crippen LogP contribution in [0.4, 0.5) is 4.39 Å². The van der Waals surface area contributed by atoms with Crippen molar-refractivity contribution < 1.29 is 14.0 Å². The van der Waals surface area contributed by atoms with Gasteiger partial charge in [0.1, 0.15) is 12.4 Å². The lowest BCUT2D eigenvalue weighted by Crippen LogP contribution is -2.38. The molecule has 0 radical (unpaired) electrons. The van der Waals surface area contributed by atoms with E-state index in [9.17, 15) is 14.0 Å². The summed E-state index contributed by atoms with van der Waals surface area (Å²) in [6, 6.07) is 4.38. The van der Waals surface area contributed by atoms with Crippen LogP contribution < -0.4 is 0 Å². The van der Waals surface area contributed by atoms with E-state index in [1.807, 2.05) is 0 Å². The number of halogens is 2. The maximum absolute atomic E-state index is 13.8. The first-order valence-corrected chi connectivity index (χ1v) is 6.77. The zero-order chi connectivity index (χ0) is 14.0. The van der Waals surface area contributed by atoms with Gasteiger partial charge in [-0.1, -0.05) is 6.07 Å². The molecule has 1 fully saturated rings. The van der Waals surface area contributed by atoms with Crippen molar-refractivity contribution in [2.24, 2.45) is 0 Å². The number of hydrogen-bond donors (Lipinski definition) is 0. The number of benzene rings is 1. The lowest BCUT2D eigenvalue weighted by molar-refractivity contribution is -0.129. The van der Waals surface area contributed by atoms with Crippen molar-refractivity contribution >= 4 is 27.7 Å². The first kappa shape index (κ1) is 14.0. The van der Waals surface area contributed by atoms with Crippen LogP contribution in [-0.2, 0) is 4.79 Å². The Labute approximate surface area is 119 Å². The molecular weight excluding hydrogens is 315 g/mol. The van der Waals surface area contributed by atoms with Crippen molar-refractivity contribution in [2.45, 2.75) is 6.42 Å². The zero-order valence-corrected chi connectivity index (χ0v) is 12.1. The van der Waals surface area contributed by atoms with Gasteiger partial charge in [0.25, 0.3) is 5.91 Å². The predicted octanol–water partition coefficient (Wildman–Crippen LogP) is 1.89. The van der Waals surface area contributed by atoms with Crippen LogP contribution in [0.15, 0.2) is 22.7 Å². The van der Waals surface area contributed by atoms with Crippen molar-refractivity contribution in [3.8, 4) is 0 Å². The summed E-state index contributed by atoms with van der Waals surface area (Å²) in [5.74, 6) is -1.16. The van der Waals surface area contributed by atoms with Gasteiger partial charge >= 0.3 is 0 Å². The summed E-state index contributed by atoms with van der Waals surface area (Å²) in [5.41, 5.74) is -0.0140. The van der Waals surface area contributed by atoms with E-state index >= 15 is 0 Å². The van der Waals surface area contributed by atoms with E-state index < -0.39 is 11.7 Å². The Morgan fingerprint density at radius 2 is 2.11 bits per heavy atom. The number of hydrogen-bond acceptors (Lipinski definition) is 2. The van der Waals surface area contributed by atoms with Crippen LogP contribution in [0.25, 0.3) is 0 Å². The van der Waals surface area contributed by atoms with Crippen LogP contribution >= 0.6 is 15.9 Å². The van der Waals surface area contributed by atoms with Crippen molar-refractivity contribution in [1.82, 2.24) is 9.80 Å². The normalized spacial score (nSPS) is 16.5. The van der Waals surface area contributed by atoms with E-state index in [2.05, 4.69) is 15.9 Å². The molecule has 1 saturated heterocycles. The minimum atomic E-state index is -0.579. The molecular formula is C13H14BrFN2O2. The third-order valence-corrected chi connectivity index (χ3v) is 3.80. The molecule has 0 aliphatic carbocycles. The average molecular weight is 329 g/mol. The number of amides is 2. The predicted molar refractivity (Wildman–Crippen MR) is 72.3 cm³/mol. The van der Waals surface area contributed by atoms with E-state index in [1.165, 1.54) is 17.0 Å². The van der Waals surface area contributed by atoms with Gasteiger partial charge < -0.3 is 9.80 Å². The minimum Gasteiger partial charge on any atom is -0.344 e. The Kier molecular flexibility index (Phi) is 4.19. The van der Waals surface area contributed by atoms with Gasteiger partial charge in [0.2, 0.25) is 5.91 Å². The fourth-order valence-electron chi connectivity index (χ4n) is 2.02. The van der Waals surface area contributed by atoms with E-state index in [1.54, 1.807) is 18.0 Å². The quantitative estimate of drug-likeness (QED) is 0.790. The van der Waals surface area contributed by atoms with Crippen LogP contribution in [0.5, 0.6) is 0 Å². The molecule has 2 rings (SSSR count). The molecule has 1 aromatic rings. The van der Waals surface area contributed by atoms with Crippen LogP contribution in [-0.4, -0.2) is 48.3 Å². The van der Waals surface area contributed by atoms with E-state index in [-0.39, 0.29) is 18.0 Å². The first-order valence-electron chi connectivity index (χ1n) is 5.98. The summed E-state index contributed by atoms with van der Waals surface area (Å²) >= 11 is 3.18. The second-order valence-electron chi connectivity index (χ2n) is 4.49. The number of rotatable bonds is 1. The molecule has 1 aliphatic heterocycles. The van der Waals surface area contributed by atoms with Crippen molar-refractivity contribution in [2.75, 3.05) is 26.7 Å². The Bertz CT molecular complexity index is 501. The summed E-state index contributed by atoms with van der Waals surface area (Å²) in [5, 5.41) is 0. The number of nitrogens with zero attached hydrogens (tertiary/aromatic N) is 2. The average Bonchev–Trinajstić information content (AvgIpc) is 2.52. The second-order valence-corrected chi connectivity index (χ2v) is 5.35. The molecule has 4 nitrogen and oxygen atoms in total. The molecule has 0 aromatic heterocycles. The molecule has 1 aliphatic rings. The van der Waals surface area contributed by atoms with Gasteiger partial charge in [-0.3, -0.25) is 9.59 Å². The molecule has 0 saturated carbocycles. The van der Waals surface area contributed by atoms with Crippen LogP contribution in [0.2, 0.25) is 0 Å². The van der Waals surface area contributed by atoms with Gasteiger partial charge in [-0.25, -0.2) is 4.39 Å². The van der Waals surface area contributed by atoms with Crippen LogP contribution in [0.1, 0.15) is 16.8 Å². The highest BCUT2D eigenvalue weighted by Gasteiger charge is 2.26. The SMILES string of the molecule is CN1CCCN(C(=O)c2c(F)cccc2Br)CC1=O. The van der Waals surface area contributed by atoms with Gasteiger partial charge in [-0.05, 0) is 34.5 Å². The van der Waals surface area contributed by atoms with Crippen molar-refractivity contribution in [3.63, 3.8) is 0 Å². The third-order valence-electron chi connectivity index (χ3n) is 3.14. The highest BCUT2D eigenvalue weighted by molar-refractivity contribution is 9.10. The zero-order valence-electron chi connectivity index (χ0n) is 10.5. The highest BCUT2D eigenvalue weighted by Crippen LogP contribution is 2.22. The summed E-state index contributed by atoms with van der Waals surface area (Å²) in [6.45, 7) is 1.06. The second kappa shape index (κ2) is 5.69. The van der Waals surface area contributed by atoms with Gasteiger partial charge in [-0.15, -0.1) is 0 Å². The Morgan fingerprint density at radius 3 is 2.79 bits per heavy atom. The topological polar surface area (TPSA) is 40.6 Å². The molecule has 0 bridgehead atoms. The highest BCUT2D eigenvalue weighted by atomic mass is 79.9. The lowest BCUT2D eigenvalue weighted by Gasteiger charge is -2.20. The van der Waals surface area contributed by atoms with Crippen molar-refractivity contribution in [3.05, 3.63) is 34.1 Å². The van der Waals surface area contributed by atoms with E-state index in [0.29, 0.717) is 24.0 Å². The molecule has 1 aromatic carbocycles. The maximum atomic E-state index is 13.8. The largest absolute Gasteiger partial charge is 0.344 e. The molecule has 2 amide bonds. The standard InChI is InChI=1S/C13H14BrFN2O2/c1-16-6-3-7-17(8-11(16)18)13(19)12-9(14)4-2-5-10(12)15/h2,4-5H,3,6-8H2,1H3. The van der Waals surface area contributed by atoms with Gasteiger partial charge in [0, 0.05) is 24.6 Å². The first-order chi connectivity index (χ1) is 9.00. The van der Waals surface area contributed by atoms with Crippen LogP contribution in [0, 0.1) is 5.82 Å². The number of carbonyl (C=O) groups is 2. The smallest absolute Gasteiger partial charge is 0.258 e. The third kappa shape index (κ3) is 2.94. The van der Waals surface area contributed by atoms with Gasteiger partial charge in [-0.2, -0.15) is 0 Å². The maximum Gasteiger partial charge on any atom is 0.258 e. The van der Waals surface area contributed by atoms with Crippen LogP contribution in [0.3, 0.4) is 0 Å². The van der Waals surface area contributed by atoms with E-state index in [0.717, 1.165) is 0 Å². The van der Waals surface area contributed by atoms with Gasteiger partial charge in [0.05, 0.1) is 5.56 Å². The Balaban J connectivity index is 2.26. The molecule has 0 unspecified atom stereocenters.